The van der Waals surface area contributed by atoms with Crippen LogP contribution in [-0.2, 0) is 0 Å². The molecule has 3 nitrogen and oxygen atoms in total. The van der Waals surface area contributed by atoms with E-state index in [1.54, 1.807) is 14.2 Å². The number of ether oxygens (including phenoxy) is 2. The number of hydrogen-bond acceptors (Lipinski definition) is 3. The Morgan fingerprint density at radius 3 is 2.45 bits per heavy atom. The van der Waals surface area contributed by atoms with Gasteiger partial charge in [0.05, 0.1) is 14.2 Å². The highest BCUT2D eigenvalue weighted by atomic mass is 79.9. The van der Waals surface area contributed by atoms with Crippen LogP contribution in [0.15, 0.2) is 16.6 Å². The highest BCUT2D eigenvalue weighted by molar-refractivity contribution is 9.10. The molecule has 0 aromatic heterocycles. The molecule has 0 saturated heterocycles. The summed E-state index contributed by atoms with van der Waals surface area (Å²) in [5.41, 5.74) is 1.27. The summed E-state index contributed by atoms with van der Waals surface area (Å²) in [5, 5.41) is 3.66. The lowest BCUT2D eigenvalue weighted by Gasteiger charge is -2.22. The number of rotatable bonds is 8. The predicted molar refractivity (Wildman–Crippen MR) is 85.6 cm³/mol. The topological polar surface area (TPSA) is 30.5 Å². The Hall–Kier alpha value is -0.740. The summed E-state index contributed by atoms with van der Waals surface area (Å²) in [6.45, 7) is 3.24. The second-order valence-corrected chi connectivity index (χ2v) is 6.27. The Kier molecular flexibility index (Phi) is 5.73. The third-order valence-corrected chi connectivity index (χ3v) is 4.47. The zero-order valence-corrected chi connectivity index (χ0v) is 14.1. The van der Waals surface area contributed by atoms with E-state index in [4.69, 9.17) is 9.47 Å². The largest absolute Gasteiger partial charge is 0.493 e. The molecule has 0 spiro atoms. The minimum absolute atomic E-state index is 0.386. The second-order valence-electron chi connectivity index (χ2n) is 5.41. The van der Waals surface area contributed by atoms with Crippen LogP contribution in [0, 0.1) is 5.92 Å². The van der Waals surface area contributed by atoms with Gasteiger partial charge >= 0.3 is 0 Å². The van der Waals surface area contributed by atoms with Gasteiger partial charge in [0, 0.05) is 10.5 Å². The van der Waals surface area contributed by atoms with Gasteiger partial charge in [0.15, 0.2) is 11.5 Å². The standard InChI is InChI=1S/C16H24BrNO2/c1-4-7-18-14(8-11-5-6-11)12-9-15(19-2)16(20-3)10-13(12)17/h9-11,14,18H,4-8H2,1-3H3. The summed E-state index contributed by atoms with van der Waals surface area (Å²) in [7, 11) is 3.35. The van der Waals surface area contributed by atoms with Gasteiger partial charge in [0.2, 0.25) is 0 Å². The van der Waals surface area contributed by atoms with Crippen molar-refractivity contribution in [3.63, 3.8) is 0 Å². The van der Waals surface area contributed by atoms with Crippen LogP contribution in [0.4, 0.5) is 0 Å². The molecule has 1 atom stereocenters. The molecule has 20 heavy (non-hydrogen) atoms. The van der Waals surface area contributed by atoms with Gasteiger partial charge in [-0.15, -0.1) is 0 Å². The lowest BCUT2D eigenvalue weighted by atomic mass is 10.0. The van der Waals surface area contributed by atoms with Gasteiger partial charge in [-0.05, 0) is 43.0 Å². The van der Waals surface area contributed by atoms with Crippen LogP contribution in [0.3, 0.4) is 0 Å². The first kappa shape index (κ1) is 15.6. The van der Waals surface area contributed by atoms with Crippen molar-refractivity contribution < 1.29 is 9.47 Å². The first-order valence-corrected chi connectivity index (χ1v) is 8.13. The number of nitrogens with one attached hydrogen (secondary N) is 1. The molecular weight excluding hydrogens is 318 g/mol. The van der Waals surface area contributed by atoms with Gasteiger partial charge in [-0.2, -0.15) is 0 Å². The van der Waals surface area contributed by atoms with Crippen molar-refractivity contribution >= 4 is 15.9 Å². The molecule has 0 radical (unpaired) electrons. The van der Waals surface area contributed by atoms with Crippen molar-refractivity contribution in [2.75, 3.05) is 20.8 Å². The van der Waals surface area contributed by atoms with Crippen LogP contribution in [0.25, 0.3) is 0 Å². The van der Waals surface area contributed by atoms with E-state index in [0.717, 1.165) is 34.9 Å². The molecule has 0 heterocycles. The van der Waals surface area contributed by atoms with Crippen LogP contribution < -0.4 is 14.8 Å². The Labute approximate surface area is 130 Å². The van der Waals surface area contributed by atoms with Crippen LogP contribution >= 0.6 is 15.9 Å². The third-order valence-electron chi connectivity index (χ3n) is 3.78. The molecule has 0 bridgehead atoms. The lowest BCUT2D eigenvalue weighted by molar-refractivity contribution is 0.353. The van der Waals surface area contributed by atoms with Crippen molar-refractivity contribution in [3.05, 3.63) is 22.2 Å². The van der Waals surface area contributed by atoms with Crippen molar-refractivity contribution in [1.82, 2.24) is 5.32 Å². The highest BCUT2D eigenvalue weighted by Gasteiger charge is 2.27. The summed E-state index contributed by atoms with van der Waals surface area (Å²) in [4.78, 5) is 0. The van der Waals surface area contributed by atoms with E-state index in [1.807, 2.05) is 6.07 Å². The van der Waals surface area contributed by atoms with Crippen molar-refractivity contribution in [2.45, 2.75) is 38.6 Å². The predicted octanol–water partition coefficient (Wildman–Crippen LogP) is 4.31. The Morgan fingerprint density at radius 2 is 1.90 bits per heavy atom. The van der Waals surface area contributed by atoms with Gasteiger partial charge < -0.3 is 14.8 Å². The molecule has 1 aliphatic rings. The van der Waals surface area contributed by atoms with E-state index in [9.17, 15) is 0 Å². The van der Waals surface area contributed by atoms with Crippen LogP contribution in [-0.4, -0.2) is 20.8 Å². The summed E-state index contributed by atoms with van der Waals surface area (Å²) in [5.74, 6) is 2.44. The first-order chi connectivity index (χ1) is 9.69. The smallest absolute Gasteiger partial charge is 0.161 e. The average Bonchev–Trinajstić information content (AvgIpc) is 3.27. The van der Waals surface area contributed by atoms with Crippen molar-refractivity contribution in [2.24, 2.45) is 5.92 Å². The van der Waals surface area contributed by atoms with E-state index in [1.165, 1.54) is 24.8 Å². The molecule has 1 saturated carbocycles. The Bertz CT molecular complexity index is 446. The SMILES string of the molecule is CCCNC(CC1CC1)c1cc(OC)c(OC)cc1Br. The number of halogens is 1. The molecule has 1 aliphatic carbocycles. The zero-order chi connectivity index (χ0) is 14.5. The summed E-state index contributed by atoms with van der Waals surface area (Å²) >= 11 is 3.68. The quantitative estimate of drug-likeness (QED) is 0.764. The van der Waals surface area contributed by atoms with Gasteiger partial charge in [-0.3, -0.25) is 0 Å². The second kappa shape index (κ2) is 7.32. The van der Waals surface area contributed by atoms with Gasteiger partial charge in [0.1, 0.15) is 0 Å². The van der Waals surface area contributed by atoms with Gasteiger partial charge in [-0.25, -0.2) is 0 Å². The number of methoxy groups -OCH3 is 2. The maximum absolute atomic E-state index is 5.43. The fraction of sp³-hybridized carbons (Fsp3) is 0.625. The van der Waals surface area contributed by atoms with E-state index in [-0.39, 0.29) is 0 Å². The van der Waals surface area contributed by atoms with Crippen LogP contribution in [0.2, 0.25) is 0 Å². The Balaban J connectivity index is 2.25. The lowest BCUT2D eigenvalue weighted by Crippen LogP contribution is -2.23. The molecule has 4 heteroatoms. The highest BCUT2D eigenvalue weighted by Crippen LogP contribution is 2.42. The van der Waals surface area contributed by atoms with E-state index in [0.29, 0.717) is 6.04 Å². The fourth-order valence-electron chi connectivity index (χ4n) is 2.46. The average molecular weight is 342 g/mol. The normalized spacial score (nSPS) is 16.0. The molecule has 1 aromatic rings. The molecule has 0 aliphatic heterocycles. The van der Waals surface area contributed by atoms with Crippen molar-refractivity contribution in [1.29, 1.82) is 0 Å². The molecule has 0 amide bonds. The van der Waals surface area contributed by atoms with Gasteiger partial charge in [0.25, 0.3) is 0 Å². The molecule has 1 unspecified atom stereocenters. The monoisotopic (exact) mass is 341 g/mol. The third kappa shape index (κ3) is 3.89. The first-order valence-electron chi connectivity index (χ1n) is 7.34. The molecule has 2 rings (SSSR count). The van der Waals surface area contributed by atoms with E-state index in [2.05, 4.69) is 34.2 Å². The van der Waals surface area contributed by atoms with E-state index < -0.39 is 0 Å². The Morgan fingerprint density at radius 1 is 1.25 bits per heavy atom. The molecular formula is C16H24BrNO2. The summed E-state index contributed by atoms with van der Waals surface area (Å²) < 4.78 is 11.9. The van der Waals surface area contributed by atoms with Gasteiger partial charge in [-0.1, -0.05) is 35.7 Å². The minimum atomic E-state index is 0.386. The maximum Gasteiger partial charge on any atom is 0.161 e. The molecule has 1 fully saturated rings. The maximum atomic E-state index is 5.43. The summed E-state index contributed by atoms with van der Waals surface area (Å²) in [6.07, 6.45) is 5.09. The number of hydrogen-bond donors (Lipinski definition) is 1. The fourth-order valence-corrected chi connectivity index (χ4v) is 3.06. The number of benzene rings is 1. The molecule has 112 valence electrons. The zero-order valence-electron chi connectivity index (χ0n) is 12.5. The minimum Gasteiger partial charge on any atom is -0.493 e. The summed E-state index contributed by atoms with van der Waals surface area (Å²) in [6, 6.07) is 4.48. The van der Waals surface area contributed by atoms with Crippen molar-refractivity contribution in [3.8, 4) is 11.5 Å². The van der Waals surface area contributed by atoms with E-state index >= 15 is 0 Å². The molecule has 1 aromatic carbocycles. The van der Waals surface area contributed by atoms with Crippen LogP contribution in [0.1, 0.15) is 44.2 Å². The molecule has 1 N–H and O–H groups in total. The van der Waals surface area contributed by atoms with Crippen LogP contribution in [0.5, 0.6) is 11.5 Å².